The van der Waals surface area contributed by atoms with Crippen LogP contribution in [0.5, 0.6) is 0 Å². The Hall–Kier alpha value is 0.120. The van der Waals surface area contributed by atoms with Gasteiger partial charge in [-0.05, 0) is 137 Å². The third-order valence-corrected chi connectivity index (χ3v) is 19.7. The first-order valence-electron chi connectivity index (χ1n) is 19.6. The van der Waals surface area contributed by atoms with E-state index in [2.05, 4.69) is 136 Å². The topological polar surface area (TPSA) is 0 Å². The summed E-state index contributed by atoms with van der Waals surface area (Å²) in [5.74, 6) is 8.52. The summed E-state index contributed by atoms with van der Waals surface area (Å²) in [7, 11) is 8.22. The van der Waals surface area contributed by atoms with Crippen LogP contribution in [-0.2, 0) is 20.8 Å². The molecule has 4 heteroatoms. The zero-order valence-electron chi connectivity index (χ0n) is 34.3. The van der Waals surface area contributed by atoms with Gasteiger partial charge < -0.3 is 14.9 Å². The van der Waals surface area contributed by atoms with E-state index in [1.807, 2.05) is 0 Å². The average molecular weight is 817 g/mol. The van der Waals surface area contributed by atoms with Crippen LogP contribution in [0.25, 0.3) is 0 Å². The minimum absolute atomic E-state index is 0. The van der Waals surface area contributed by atoms with Gasteiger partial charge in [0.1, 0.15) is 0 Å². The average Bonchev–Trinajstić information content (AvgIpc) is 3.59. The summed E-state index contributed by atoms with van der Waals surface area (Å²) in [6.07, 6.45) is 34.2. The summed E-state index contributed by atoms with van der Waals surface area (Å²) in [5, 5.41) is 0. The van der Waals surface area contributed by atoms with Gasteiger partial charge in [0.05, 0.1) is 8.07 Å². The molecule has 0 bridgehead atoms. The molecule has 280 valence electrons. The fraction of sp³-hybridized carbons (Fsp3) is 0.696. The van der Waals surface area contributed by atoms with Crippen LogP contribution in [0.2, 0.25) is 24.2 Å². The third-order valence-electron chi connectivity index (χ3n) is 14.5. The predicted molar refractivity (Wildman–Crippen MR) is 224 cm³/mol. The van der Waals surface area contributed by atoms with Crippen molar-refractivity contribution >= 4 is 25.1 Å². The molecule has 0 amide bonds. The molecule has 0 saturated heterocycles. The zero-order valence-corrected chi connectivity index (χ0v) is 39.2. The Morgan fingerprint density at radius 3 is 1.48 bits per heavy atom. The molecule has 0 aliphatic heterocycles. The summed E-state index contributed by atoms with van der Waals surface area (Å²) in [6, 6.07) is 0. The summed E-state index contributed by atoms with van der Waals surface area (Å²) in [5.41, 5.74) is 5.85. The molecule has 0 nitrogen and oxygen atoms in total. The van der Waals surface area contributed by atoms with Crippen molar-refractivity contribution in [3.63, 3.8) is 0 Å². The molecule has 6 aliphatic rings. The van der Waals surface area contributed by atoms with Gasteiger partial charge in [-0.1, -0.05) is 136 Å². The van der Waals surface area contributed by atoms with Crippen molar-refractivity contribution in [2.45, 2.75) is 125 Å². The van der Waals surface area contributed by atoms with E-state index in [0.29, 0.717) is 22.7 Å². The van der Waals surface area contributed by atoms with Crippen molar-refractivity contribution in [3.8, 4) is 0 Å². The molecular formula is C46H74Cl2SiZr. The van der Waals surface area contributed by atoms with E-state index < -0.39 is 28.9 Å². The summed E-state index contributed by atoms with van der Waals surface area (Å²) < 4.78 is 0. The van der Waals surface area contributed by atoms with Crippen molar-refractivity contribution < 1.29 is 20.8 Å². The number of allylic oxidation sites excluding steroid dienone is 12. The number of hydrogen-bond donors (Lipinski definition) is 0. The first-order chi connectivity index (χ1) is 22.5. The van der Waals surface area contributed by atoms with Crippen LogP contribution in [0, 0.1) is 90.8 Å². The first-order valence-corrected chi connectivity index (χ1v) is 29.0. The Bertz CT molecular complexity index is 1300. The van der Waals surface area contributed by atoms with Crippen LogP contribution in [0.3, 0.4) is 0 Å². The van der Waals surface area contributed by atoms with Gasteiger partial charge in [-0.2, -0.15) is 0 Å². The van der Waals surface area contributed by atoms with Gasteiger partial charge >= 0.3 is 37.9 Å². The summed E-state index contributed by atoms with van der Waals surface area (Å²) >= 11 is -0.826. The summed E-state index contributed by atoms with van der Waals surface area (Å²) in [4.78, 5) is 0. The molecule has 6 rings (SSSR count). The molecule has 0 N–H and O–H groups in total. The second-order valence-electron chi connectivity index (χ2n) is 19.9. The maximum atomic E-state index is 4.93. The molecule has 0 radical (unpaired) electrons. The van der Waals surface area contributed by atoms with Crippen molar-refractivity contribution in [1.82, 2.24) is 0 Å². The van der Waals surface area contributed by atoms with E-state index in [4.69, 9.17) is 17.0 Å². The molecular weight excluding hydrogens is 743 g/mol. The molecule has 6 aliphatic carbocycles. The maximum absolute atomic E-state index is 4.93. The first kappa shape index (κ1) is 44.5. The van der Waals surface area contributed by atoms with Crippen molar-refractivity contribution in [2.24, 2.45) is 75.9 Å². The van der Waals surface area contributed by atoms with E-state index in [0.717, 1.165) is 64.3 Å². The molecule has 2 saturated carbocycles. The molecule has 12 unspecified atom stereocenters. The van der Waals surface area contributed by atoms with E-state index in [1.165, 1.54) is 38.5 Å². The van der Waals surface area contributed by atoms with Gasteiger partial charge in [0.15, 0.2) is 0 Å². The van der Waals surface area contributed by atoms with Gasteiger partial charge in [-0.25, -0.2) is 0 Å². The van der Waals surface area contributed by atoms with Gasteiger partial charge in [0.25, 0.3) is 0 Å². The van der Waals surface area contributed by atoms with Gasteiger partial charge in [0, 0.05) is 0 Å². The quantitative estimate of drug-likeness (QED) is 0.147. The standard InChI is InChI=1S/C44H68Si.2CH3.2ClH.Zr/c1-28(2)38-27-40-35(31-20-24-33(25-21-31)44(7,8)9)15-13-17-37(40)42(38)45(10,11)41-29(3)26-39-34(14-12-16-36(39)41)30-18-22-32(23-19-30)43(4,5)6;;;;;/h12-13,16-22,24,28-29,32-42H,14-15,23,25-27H2,1-11H3;2*1H3;2*1H;/q;2*-1;;;+4/p-2. The molecule has 0 spiro atoms. The normalized spacial score (nSPS) is 37.7. The van der Waals surface area contributed by atoms with Crippen LogP contribution in [0.1, 0.15) is 101 Å². The third kappa shape index (κ3) is 9.14. The number of hydrogen-bond acceptors (Lipinski definition) is 0. The van der Waals surface area contributed by atoms with Crippen LogP contribution in [0.15, 0.2) is 71.9 Å². The number of halogens is 2. The SMILES string of the molecule is CC(C)C1CC2C(C3=CCC(C(C)(C)C)C=C3)CC=CC2C1[Si](C)(C)C1C(C)CC2C(C3=CCC(C(C)(C)C)C=C3)CC=CC21.[CH3-].[CH3-].[Cl][Zr+2][Cl]. The Balaban J connectivity index is 0.00000131. The van der Waals surface area contributed by atoms with Crippen molar-refractivity contribution in [1.29, 1.82) is 0 Å². The summed E-state index contributed by atoms with van der Waals surface area (Å²) in [6.45, 7) is 28.0. The number of fused-ring (bicyclic) bond motifs is 2. The van der Waals surface area contributed by atoms with E-state index in [1.54, 1.807) is 11.1 Å². The fourth-order valence-electron chi connectivity index (χ4n) is 12.1. The molecule has 50 heavy (non-hydrogen) atoms. The Labute approximate surface area is 331 Å². The van der Waals surface area contributed by atoms with Crippen LogP contribution in [-0.4, -0.2) is 8.07 Å². The minimum atomic E-state index is -1.65. The fourth-order valence-corrected chi connectivity index (χ4v) is 18.5. The molecule has 0 heterocycles. The number of rotatable bonds is 5. The van der Waals surface area contributed by atoms with Crippen LogP contribution < -0.4 is 0 Å². The Kier molecular flexibility index (Phi) is 15.8. The van der Waals surface area contributed by atoms with Gasteiger partial charge in [-0.15, -0.1) is 0 Å². The van der Waals surface area contributed by atoms with Gasteiger partial charge in [-0.3, -0.25) is 0 Å². The molecule has 12 atom stereocenters. The molecule has 0 aromatic carbocycles. The molecule has 0 aromatic heterocycles. The van der Waals surface area contributed by atoms with Crippen molar-refractivity contribution in [3.05, 3.63) is 86.8 Å². The molecule has 2 fully saturated rings. The van der Waals surface area contributed by atoms with Crippen LogP contribution >= 0.6 is 17.0 Å². The van der Waals surface area contributed by atoms with Gasteiger partial charge in [0.2, 0.25) is 0 Å². The second-order valence-corrected chi connectivity index (χ2v) is 28.6. The van der Waals surface area contributed by atoms with E-state index in [9.17, 15) is 0 Å². The van der Waals surface area contributed by atoms with E-state index in [-0.39, 0.29) is 14.9 Å². The van der Waals surface area contributed by atoms with Crippen molar-refractivity contribution in [2.75, 3.05) is 0 Å². The second kappa shape index (κ2) is 17.7. The van der Waals surface area contributed by atoms with E-state index >= 15 is 0 Å². The monoisotopic (exact) mass is 814 g/mol. The zero-order chi connectivity index (χ0) is 35.2. The predicted octanol–water partition coefficient (Wildman–Crippen LogP) is 15.1. The van der Waals surface area contributed by atoms with Crippen LogP contribution in [0.4, 0.5) is 0 Å². The molecule has 0 aromatic rings. The Morgan fingerprint density at radius 2 is 1.10 bits per heavy atom. The Morgan fingerprint density at radius 1 is 0.680 bits per heavy atom.